The highest BCUT2D eigenvalue weighted by Crippen LogP contribution is 2.25. The maximum absolute atomic E-state index is 5.38. The van der Waals surface area contributed by atoms with Crippen LogP contribution < -0.4 is 10.1 Å². The second kappa shape index (κ2) is 9.07. The van der Waals surface area contributed by atoms with Gasteiger partial charge >= 0.3 is 0 Å². The minimum absolute atomic E-state index is 0.160. The SMILES string of the molecule is C=C(C)C(CCN(C)N=NC(C)C)Nc1ccccc1OC. The third kappa shape index (κ3) is 6.16. The molecule has 122 valence electrons. The Morgan fingerprint density at radius 3 is 2.64 bits per heavy atom. The molecule has 5 nitrogen and oxygen atoms in total. The lowest BCUT2D eigenvalue weighted by molar-refractivity contribution is 0.312. The molecule has 0 fully saturated rings. The van der Waals surface area contributed by atoms with Crippen LogP contribution in [0.25, 0.3) is 0 Å². The number of rotatable bonds is 9. The van der Waals surface area contributed by atoms with Crippen molar-refractivity contribution in [3.63, 3.8) is 0 Å². The topological polar surface area (TPSA) is 49.2 Å². The Hall–Kier alpha value is -2.04. The molecule has 1 aromatic carbocycles. The van der Waals surface area contributed by atoms with E-state index in [4.69, 9.17) is 4.74 Å². The molecule has 1 N–H and O–H groups in total. The molecule has 0 bridgehead atoms. The van der Waals surface area contributed by atoms with Gasteiger partial charge in [0.25, 0.3) is 0 Å². The van der Waals surface area contributed by atoms with E-state index in [1.807, 2.05) is 57.1 Å². The third-order valence-electron chi connectivity index (χ3n) is 3.21. The van der Waals surface area contributed by atoms with Crippen molar-refractivity contribution in [2.75, 3.05) is 26.0 Å². The van der Waals surface area contributed by atoms with E-state index in [1.54, 1.807) is 7.11 Å². The van der Waals surface area contributed by atoms with E-state index < -0.39 is 0 Å². The first-order chi connectivity index (χ1) is 10.4. The van der Waals surface area contributed by atoms with Crippen LogP contribution in [-0.4, -0.2) is 37.8 Å². The van der Waals surface area contributed by atoms with Gasteiger partial charge in [-0.2, -0.15) is 5.11 Å². The number of anilines is 1. The molecule has 0 aliphatic rings. The molecular formula is C17H28N4O. The molecule has 0 aliphatic carbocycles. The van der Waals surface area contributed by atoms with Gasteiger partial charge in [0.05, 0.1) is 18.8 Å². The molecular weight excluding hydrogens is 276 g/mol. The Balaban J connectivity index is 2.65. The molecule has 0 aromatic heterocycles. The summed E-state index contributed by atoms with van der Waals surface area (Å²) in [5, 5.41) is 13.7. The predicted molar refractivity (Wildman–Crippen MR) is 92.5 cm³/mol. The van der Waals surface area contributed by atoms with Crippen molar-refractivity contribution in [1.82, 2.24) is 5.01 Å². The number of hydrogen-bond acceptors (Lipinski definition) is 4. The van der Waals surface area contributed by atoms with Gasteiger partial charge in [-0.1, -0.05) is 29.5 Å². The van der Waals surface area contributed by atoms with Gasteiger partial charge < -0.3 is 10.1 Å². The molecule has 1 aromatic rings. The van der Waals surface area contributed by atoms with Crippen molar-refractivity contribution in [2.45, 2.75) is 39.3 Å². The Kier molecular flexibility index (Phi) is 7.43. The van der Waals surface area contributed by atoms with Crippen LogP contribution in [0, 0.1) is 0 Å². The van der Waals surface area contributed by atoms with Gasteiger partial charge in [0, 0.05) is 19.6 Å². The highest BCUT2D eigenvalue weighted by atomic mass is 16.5. The molecule has 1 rings (SSSR count). The number of benzene rings is 1. The minimum atomic E-state index is 0.160. The first-order valence-electron chi connectivity index (χ1n) is 7.61. The summed E-state index contributed by atoms with van der Waals surface area (Å²) in [7, 11) is 3.61. The maximum atomic E-state index is 5.38. The minimum Gasteiger partial charge on any atom is -0.495 e. The maximum Gasteiger partial charge on any atom is 0.141 e. The Morgan fingerprint density at radius 1 is 1.36 bits per heavy atom. The molecule has 0 spiro atoms. The summed E-state index contributed by atoms with van der Waals surface area (Å²) in [6, 6.07) is 8.28. The largest absolute Gasteiger partial charge is 0.495 e. The lowest BCUT2D eigenvalue weighted by atomic mass is 10.1. The molecule has 0 amide bonds. The molecule has 1 unspecified atom stereocenters. The van der Waals surface area contributed by atoms with Crippen LogP contribution >= 0.6 is 0 Å². The lowest BCUT2D eigenvalue weighted by Crippen LogP contribution is -2.26. The van der Waals surface area contributed by atoms with E-state index in [-0.39, 0.29) is 12.1 Å². The van der Waals surface area contributed by atoms with Crippen LogP contribution in [0.1, 0.15) is 27.2 Å². The molecule has 22 heavy (non-hydrogen) atoms. The summed E-state index contributed by atoms with van der Waals surface area (Å²) in [6.07, 6.45) is 0.890. The highest BCUT2D eigenvalue weighted by Gasteiger charge is 2.12. The van der Waals surface area contributed by atoms with E-state index in [0.29, 0.717) is 0 Å². The quantitative estimate of drug-likeness (QED) is 0.423. The van der Waals surface area contributed by atoms with Crippen molar-refractivity contribution in [3.8, 4) is 5.75 Å². The van der Waals surface area contributed by atoms with Crippen LogP contribution in [0.15, 0.2) is 46.8 Å². The molecule has 0 saturated carbocycles. The van der Waals surface area contributed by atoms with Crippen molar-refractivity contribution in [1.29, 1.82) is 0 Å². The molecule has 5 heteroatoms. The van der Waals surface area contributed by atoms with Gasteiger partial charge in [-0.05, 0) is 39.3 Å². The zero-order valence-corrected chi connectivity index (χ0v) is 14.3. The van der Waals surface area contributed by atoms with E-state index in [2.05, 4.69) is 22.2 Å². The number of nitrogens with one attached hydrogen (secondary N) is 1. The fraction of sp³-hybridized carbons (Fsp3) is 0.529. The van der Waals surface area contributed by atoms with Gasteiger partial charge in [-0.15, -0.1) is 0 Å². The van der Waals surface area contributed by atoms with Gasteiger partial charge in [0.15, 0.2) is 0 Å². The number of ether oxygens (including phenoxy) is 1. The number of hydrogen-bond donors (Lipinski definition) is 1. The fourth-order valence-corrected chi connectivity index (χ4v) is 1.95. The first-order valence-corrected chi connectivity index (χ1v) is 7.61. The van der Waals surface area contributed by atoms with E-state index in [0.717, 1.165) is 30.0 Å². The third-order valence-corrected chi connectivity index (χ3v) is 3.21. The number of nitrogens with zero attached hydrogens (tertiary/aromatic N) is 3. The molecule has 0 aliphatic heterocycles. The molecule has 1 atom stereocenters. The smallest absolute Gasteiger partial charge is 0.141 e. The summed E-state index contributed by atoms with van der Waals surface area (Å²) in [6.45, 7) is 10.9. The van der Waals surface area contributed by atoms with Crippen molar-refractivity contribution >= 4 is 5.69 Å². The predicted octanol–water partition coefficient (Wildman–Crippen LogP) is 4.15. The summed E-state index contributed by atoms with van der Waals surface area (Å²) in [5.74, 6) is 0.835. The molecule has 0 radical (unpaired) electrons. The summed E-state index contributed by atoms with van der Waals surface area (Å²) >= 11 is 0. The van der Waals surface area contributed by atoms with Crippen molar-refractivity contribution in [2.24, 2.45) is 10.3 Å². The van der Waals surface area contributed by atoms with E-state index in [9.17, 15) is 0 Å². The van der Waals surface area contributed by atoms with E-state index in [1.165, 1.54) is 0 Å². The Labute approximate surface area is 134 Å². The van der Waals surface area contributed by atoms with Gasteiger partial charge in [0.1, 0.15) is 5.75 Å². The standard InChI is InChI=1S/C17H28N4O/c1-13(2)15(11-12-21(5)20-19-14(3)4)18-16-9-7-8-10-17(16)22-6/h7-10,14-15,18H,1,11-12H2,2-6H3. The van der Waals surface area contributed by atoms with Crippen LogP contribution in [0.3, 0.4) is 0 Å². The highest BCUT2D eigenvalue weighted by molar-refractivity contribution is 5.57. The molecule has 0 saturated heterocycles. The number of methoxy groups -OCH3 is 1. The second-order valence-corrected chi connectivity index (χ2v) is 5.71. The van der Waals surface area contributed by atoms with Crippen molar-refractivity contribution in [3.05, 3.63) is 36.4 Å². The zero-order valence-electron chi connectivity index (χ0n) is 14.3. The van der Waals surface area contributed by atoms with Gasteiger partial charge in [-0.25, -0.2) is 0 Å². The Bertz CT molecular complexity index is 499. The first kappa shape index (κ1) is 18.0. The average molecular weight is 304 g/mol. The molecule has 0 heterocycles. The summed E-state index contributed by atoms with van der Waals surface area (Å²) < 4.78 is 5.38. The van der Waals surface area contributed by atoms with Gasteiger partial charge in [0.2, 0.25) is 0 Å². The normalized spacial score (nSPS) is 12.5. The van der Waals surface area contributed by atoms with Crippen LogP contribution in [0.4, 0.5) is 5.69 Å². The lowest BCUT2D eigenvalue weighted by Gasteiger charge is -2.23. The monoisotopic (exact) mass is 304 g/mol. The van der Waals surface area contributed by atoms with Crippen LogP contribution in [0.5, 0.6) is 5.75 Å². The van der Waals surface area contributed by atoms with Crippen LogP contribution in [0.2, 0.25) is 0 Å². The average Bonchev–Trinajstić information content (AvgIpc) is 2.49. The zero-order chi connectivity index (χ0) is 16.5. The number of para-hydroxylation sites is 2. The van der Waals surface area contributed by atoms with Gasteiger partial charge in [-0.3, -0.25) is 5.01 Å². The van der Waals surface area contributed by atoms with Crippen LogP contribution in [-0.2, 0) is 0 Å². The van der Waals surface area contributed by atoms with Crippen molar-refractivity contribution < 1.29 is 4.74 Å². The summed E-state index contributed by atoms with van der Waals surface area (Å²) in [4.78, 5) is 0. The van der Waals surface area contributed by atoms with E-state index >= 15 is 0 Å². The Morgan fingerprint density at radius 2 is 2.05 bits per heavy atom. The summed E-state index contributed by atoms with van der Waals surface area (Å²) in [5.41, 5.74) is 2.06. The fourth-order valence-electron chi connectivity index (χ4n) is 1.95. The second-order valence-electron chi connectivity index (χ2n) is 5.71.